The van der Waals surface area contributed by atoms with Gasteiger partial charge >= 0.3 is 0 Å². The first-order valence-corrected chi connectivity index (χ1v) is 14.2. The van der Waals surface area contributed by atoms with Crippen molar-refractivity contribution >= 4 is 17.5 Å². The number of nitrogens with zero attached hydrogens (tertiary/aromatic N) is 1. The highest BCUT2D eigenvalue weighted by atomic mass is 16.7. The van der Waals surface area contributed by atoms with Gasteiger partial charge in [0.15, 0.2) is 6.29 Å². The van der Waals surface area contributed by atoms with Crippen LogP contribution in [0.5, 0.6) is 0 Å². The lowest BCUT2D eigenvalue weighted by atomic mass is 9.99. The van der Waals surface area contributed by atoms with Gasteiger partial charge in [-0.2, -0.15) is 0 Å². The number of hydrogen-bond acceptors (Lipinski definition) is 8. The molecule has 0 spiro atoms. The lowest BCUT2D eigenvalue weighted by Gasteiger charge is -2.37. The normalized spacial score (nSPS) is 23.2. The zero-order valence-corrected chi connectivity index (χ0v) is 22.8. The molecule has 10 heteroatoms. The maximum atomic E-state index is 12.4. The van der Waals surface area contributed by atoms with Crippen molar-refractivity contribution in [1.29, 1.82) is 0 Å². The number of carbonyl (C=O) groups is 2. The van der Waals surface area contributed by atoms with Crippen LogP contribution in [0.3, 0.4) is 0 Å². The van der Waals surface area contributed by atoms with Crippen LogP contribution in [-0.2, 0) is 25.7 Å². The van der Waals surface area contributed by atoms with Crippen LogP contribution < -0.4 is 10.8 Å². The van der Waals surface area contributed by atoms with Gasteiger partial charge in [0.05, 0.1) is 24.9 Å². The highest BCUT2D eigenvalue weighted by Gasteiger charge is 2.34. The molecule has 2 aliphatic heterocycles. The zero-order chi connectivity index (χ0) is 28.3. The van der Waals surface area contributed by atoms with Crippen LogP contribution >= 0.6 is 0 Å². The first kappa shape index (κ1) is 30.1. The molecule has 2 heterocycles. The Labute approximate surface area is 235 Å². The third kappa shape index (κ3) is 9.09. The average molecular weight is 556 g/mol. The van der Waals surface area contributed by atoms with Gasteiger partial charge in [-0.25, -0.2) is 5.48 Å². The summed E-state index contributed by atoms with van der Waals surface area (Å²) in [6.45, 7) is 2.20. The summed E-state index contributed by atoms with van der Waals surface area (Å²) in [5.74, 6) is -0.454. The second-order valence-electron chi connectivity index (χ2n) is 10.7. The molecular weight excluding hydrogens is 514 g/mol. The molecule has 218 valence electrons. The van der Waals surface area contributed by atoms with Crippen molar-refractivity contribution in [2.24, 2.45) is 0 Å². The number of hydroxylamine groups is 1. The number of benzene rings is 2. The highest BCUT2D eigenvalue weighted by Crippen LogP contribution is 2.38. The number of aliphatic hydroxyl groups is 2. The molecule has 0 aliphatic carbocycles. The predicted molar refractivity (Wildman–Crippen MR) is 148 cm³/mol. The number of nitrogens with one attached hydrogen (secondary N) is 2. The van der Waals surface area contributed by atoms with Gasteiger partial charge in [0.1, 0.15) is 0 Å². The molecule has 5 N–H and O–H groups in total. The molecule has 2 aromatic carbocycles. The molecule has 2 aliphatic rings. The summed E-state index contributed by atoms with van der Waals surface area (Å²) in [6, 6.07) is 15.3. The van der Waals surface area contributed by atoms with Gasteiger partial charge in [-0.3, -0.25) is 19.7 Å². The molecule has 0 bridgehead atoms. The van der Waals surface area contributed by atoms with Crippen molar-refractivity contribution in [3.05, 3.63) is 65.2 Å². The summed E-state index contributed by atoms with van der Waals surface area (Å²) in [5, 5.41) is 30.8. The second kappa shape index (κ2) is 15.2. The monoisotopic (exact) mass is 555 g/mol. The van der Waals surface area contributed by atoms with E-state index in [0.29, 0.717) is 38.0 Å². The Morgan fingerprint density at radius 3 is 2.20 bits per heavy atom. The van der Waals surface area contributed by atoms with Crippen LogP contribution in [0.15, 0.2) is 48.5 Å². The Bertz CT molecular complexity index is 1080. The van der Waals surface area contributed by atoms with E-state index < -0.39 is 6.29 Å². The lowest BCUT2D eigenvalue weighted by molar-refractivity contribution is -0.252. The number of ether oxygens (including phenoxy) is 2. The van der Waals surface area contributed by atoms with Gasteiger partial charge in [0.25, 0.3) is 0 Å². The number of aliphatic hydroxyl groups excluding tert-OH is 2. The van der Waals surface area contributed by atoms with E-state index in [2.05, 4.69) is 10.2 Å². The number of amides is 2. The van der Waals surface area contributed by atoms with E-state index in [1.165, 1.54) is 0 Å². The van der Waals surface area contributed by atoms with Gasteiger partial charge in [-0.1, -0.05) is 49.2 Å². The van der Waals surface area contributed by atoms with Crippen molar-refractivity contribution in [2.45, 2.75) is 82.6 Å². The summed E-state index contributed by atoms with van der Waals surface area (Å²) in [4.78, 5) is 25.6. The van der Waals surface area contributed by atoms with Crippen molar-refractivity contribution < 1.29 is 34.5 Å². The molecule has 0 unspecified atom stereocenters. The van der Waals surface area contributed by atoms with Crippen LogP contribution in [0, 0.1) is 0 Å². The maximum Gasteiger partial charge on any atom is 0.243 e. The quantitative estimate of drug-likeness (QED) is 0.144. The van der Waals surface area contributed by atoms with Crippen molar-refractivity contribution in [3.8, 4) is 0 Å². The number of β-amino-alcohol motifs (C(OH)–C–C–N with tert-alkyl or cyclic N) is 1. The number of likely N-dealkylation sites (tertiary alicyclic amines) is 1. The van der Waals surface area contributed by atoms with Crippen LogP contribution in [0.2, 0.25) is 0 Å². The van der Waals surface area contributed by atoms with E-state index in [9.17, 15) is 19.8 Å². The molecule has 0 radical (unpaired) electrons. The molecule has 2 saturated heterocycles. The van der Waals surface area contributed by atoms with Crippen molar-refractivity contribution in [3.63, 3.8) is 0 Å². The summed E-state index contributed by atoms with van der Waals surface area (Å²) in [7, 11) is 0. The minimum atomic E-state index is -0.577. The standard InChI is InChI=1S/C30H41N3O7/c34-20-21-7-9-22(10-8-21)27-17-26(19-33-16-15-25(35)18-33)39-30(40-27)23-11-13-24(14-12-23)31-28(36)5-3-1-2-4-6-29(37)32-38/h7-14,25-27,30,34-35,38H,1-6,15-20H2,(H,31,36)(H,32,37)/t25-,26+,27-,30-/m0/s1. The Balaban J connectivity index is 1.32. The molecule has 40 heavy (non-hydrogen) atoms. The SMILES string of the molecule is O=C(CCCCCCC(=O)Nc1ccc([C@H]2O[C@@H](CN3CC[C@H](O)C3)C[C@@H](c3ccc(CO)cc3)O2)cc1)NO. The van der Waals surface area contributed by atoms with E-state index in [-0.39, 0.29) is 43.2 Å². The average Bonchev–Trinajstić information content (AvgIpc) is 3.39. The lowest BCUT2D eigenvalue weighted by Crippen LogP contribution is -2.38. The number of rotatable bonds is 13. The van der Waals surface area contributed by atoms with Gasteiger partial charge in [0.2, 0.25) is 11.8 Å². The third-order valence-corrected chi connectivity index (χ3v) is 7.47. The highest BCUT2D eigenvalue weighted by molar-refractivity contribution is 5.90. The Morgan fingerprint density at radius 2 is 1.57 bits per heavy atom. The van der Waals surface area contributed by atoms with Crippen LogP contribution in [0.4, 0.5) is 5.69 Å². The molecule has 2 amide bonds. The molecule has 2 fully saturated rings. The Kier molecular flexibility index (Phi) is 11.5. The molecule has 4 atom stereocenters. The number of carbonyl (C=O) groups excluding carboxylic acids is 2. The summed E-state index contributed by atoms with van der Waals surface area (Å²) >= 11 is 0. The van der Waals surface area contributed by atoms with E-state index >= 15 is 0 Å². The van der Waals surface area contributed by atoms with Crippen molar-refractivity contribution in [2.75, 3.05) is 25.0 Å². The third-order valence-electron chi connectivity index (χ3n) is 7.47. The minimum absolute atomic E-state index is 0.00809. The van der Waals surface area contributed by atoms with Crippen LogP contribution in [0.1, 0.15) is 80.5 Å². The Hall–Kier alpha value is -2.86. The zero-order valence-electron chi connectivity index (χ0n) is 22.8. The molecule has 0 aromatic heterocycles. The summed E-state index contributed by atoms with van der Waals surface area (Å²) in [5.41, 5.74) is 5.05. The summed E-state index contributed by atoms with van der Waals surface area (Å²) in [6.07, 6.45) is 4.07. The molecule has 4 rings (SSSR count). The largest absolute Gasteiger partial charge is 0.392 e. The Morgan fingerprint density at radius 1 is 0.900 bits per heavy atom. The number of anilines is 1. The topological polar surface area (TPSA) is 141 Å². The van der Waals surface area contributed by atoms with E-state index in [1.807, 2.05) is 48.5 Å². The van der Waals surface area contributed by atoms with Crippen LogP contribution in [0.25, 0.3) is 0 Å². The van der Waals surface area contributed by atoms with E-state index in [1.54, 1.807) is 5.48 Å². The maximum absolute atomic E-state index is 12.4. The minimum Gasteiger partial charge on any atom is -0.392 e. The molecule has 2 aromatic rings. The van der Waals surface area contributed by atoms with Gasteiger partial charge in [0, 0.05) is 50.1 Å². The van der Waals surface area contributed by atoms with Crippen molar-refractivity contribution in [1.82, 2.24) is 10.4 Å². The molecule has 0 saturated carbocycles. The van der Waals surface area contributed by atoms with Crippen LogP contribution in [-0.4, -0.2) is 64.0 Å². The predicted octanol–water partition coefficient (Wildman–Crippen LogP) is 3.58. The first-order chi connectivity index (χ1) is 19.4. The fourth-order valence-corrected chi connectivity index (χ4v) is 5.23. The van der Waals surface area contributed by atoms with Gasteiger partial charge in [-0.05, 0) is 42.5 Å². The molecule has 10 nitrogen and oxygen atoms in total. The second-order valence-corrected chi connectivity index (χ2v) is 10.7. The summed E-state index contributed by atoms with van der Waals surface area (Å²) < 4.78 is 12.8. The number of hydrogen-bond donors (Lipinski definition) is 5. The van der Waals surface area contributed by atoms with E-state index in [4.69, 9.17) is 14.7 Å². The smallest absolute Gasteiger partial charge is 0.243 e. The fraction of sp³-hybridized carbons (Fsp3) is 0.533. The molecular formula is C30H41N3O7. The fourth-order valence-electron chi connectivity index (χ4n) is 5.23. The number of unbranched alkanes of at least 4 members (excludes halogenated alkanes) is 3. The van der Waals surface area contributed by atoms with E-state index in [0.717, 1.165) is 48.9 Å². The van der Waals surface area contributed by atoms with Gasteiger partial charge in [-0.15, -0.1) is 0 Å². The van der Waals surface area contributed by atoms with Gasteiger partial charge < -0.3 is 25.0 Å². The first-order valence-electron chi connectivity index (χ1n) is 14.2.